The van der Waals surface area contributed by atoms with Crippen LogP contribution in [0.3, 0.4) is 0 Å². The highest BCUT2D eigenvalue weighted by Crippen LogP contribution is 2.35. The van der Waals surface area contributed by atoms with Gasteiger partial charge in [-0.15, -0.1) is 0 Å². The van der Waals surface area contributed by atoms with Crippen LogP contribution in [0.2, 0.25) is 0 Å². The number of hydrogen-bond acceptors (Lipinski definition) is 6. The molecule has 1 fully saturated rings. The number of aromatic nitrogens is 2. The molecule has 1 N–H and O–H groups in total. The van der Waals surface area contributed by atoms with E-state index in [1.54, 1.807) is 30.3 Å². The van der Waals surface area contributed by atoms with Crippen molar-refractivity contribution in [3.63, 3.8) is 0 Å². The van der Waals surface area contributed by atoms with E-state index >= 15 is 0 Å². The maximum Gasteiger partial charge on any atom is 0.216 e. The summed E-state index contributed by atoms with van der Waals surface area (Å²) in [6, 6.07) is 7.14. The summed E-state index contributed by atoms with van der Waals surface area (Å²) in [5.74, 6) is 2.16. The Labute approximate surface area is 178 Å². The number of phenolic OH excluding ortho intramolecular Hbond substituents is 1. The number of sulfonamides is 1. The molecule has 1 aromatic heterocycles. The van der Waals surface area contributed by atoms with Crippen molar-refractivity contribution < 1.29 is 13.5 Å². The number of fused-ring (bicyclic) bond motifs is 1. The first-order valence-electron chi connectivity index (χ1n) is 10.7. The third-order valence-corrected chi connectivity index (χ3v) is 8.41. The van der Waals surface area contributed by atoms with Gasteiger partial charge in [0.1, 0.15) is 11.6 Å². The smallest absolute Gasteiger partial charge is 0.216 e. The fourth-order valence-electron chi connectivity index (χ4n) is 4.26. The number of aromatic hydroxyl groups is 1. The van der Waals surface area contributed by atoms with Gasteiger partial charge in [-0.2, -0.15) is 4.31 Å². The molecule has 1 aromatic carbocycles. The van der Waals surface area contributed by atoms with Gasteiger partial charge in [0, 0.05) is 31.7 Å². The van der Waals surface area contributed by atoms with Crippen molar-refractivity contribution in [1.82, 2.24) is 14.3 Å². The van der Waals surface area contributed by atoms with E-state index in [-0.39, 0.29) is 5.75 Å². The van der Waals surface area contributed by atoms with Crippen LogP contribution in [-0.4, -0.2) is 59.2 Å². The number of anilines is 1. The average molecular weight is 431 g/mol. The van der Waals surface area contributed by atoms with E-state index in [0.29, 0.717) is 43.5 Å². The zero-order valence-electron chi connectivity index (χ0n) is 17.9. The van der Waals surface area contributed by atoms with Crippen LogP contribution in [0.5, 0.6) is 5.75 Å². The Kier molecular flexibility index (Phi) is 5.72. The molecule has 0 amide bonds. The van der Waals surface area contributed by atoms with Gasteiger partial charge < -0.3 is 10.0 Å². The second kappa shape index (κ2) is 8.15. The monoisotopic (exact) mass is 430 g/mol. The molecule has 0 saturated carbocycles. The molecule has 0 bridgehead atoms. The first-order chi connectivity index (χ1) is 14.3. The zero-order valence-corrected chi connectivity index (χ0v) is 18.7. The van der Waals surface area contributed by atoms with Crippen LogP contribution in [-0.2, 0) is 22.9 Å². The molecule has 4 rings (SSSR count). The molecule has 162 valence electrons. The average Bonchev–Trinajstić information content (AvgIpc) is 2.73. The molecule has 1 aliphatic carbocycles. The van der Waals surface area contributed by atoms with E-state index in [4.69, 9.17) is 9.97 Å². The van der Waals surface area contributed by atoms with E-state index in [2.05, 4.69) is 11.8 Å². The van der Waals surface area contributed by atoms with E-state index in [1.807, 2.05) is 12.1 Å². The van der Waals surface area contributed by atoms with Crippen molar-refractivity contribution >= 4 is 15.8 Å². The lowest BCUT2D eigenvalue weighted by atomic mass is 9.88. The second-order valence-corrected chi connectivity index (χ2v) is 11.1. The van der Waals surface area contributed by atoms with Gasteiger partial charge in [-0.3, -0.25) is 0 Å². The lowest BCUT2D eigenvalue weighted by Gasteiger charge is -2.37. The topological polar surface area (TPSA) is 86.6 Å². The quantitative estimate of drug-likeness (QED) is 0.803. The minimum atomic E-state index is -3.25. The van der Waals surface area contributed by atoms with Crippen LogP contribution in [0, 0.1) is 5.92 Å². The summed E-state index contributed by atoms with van der Waals surface area (Å²) in [7, 11) is -3.25. The van der Waals surface area contributed by atoms with Gasteiger partial charge >= 0.3 is 0 Å². The Balaban J connectivity index is 1.69. The third kappa shape index (κ3) is 3.90. The van der Waals surface area contributed by atoms with E-state index < -0.39 is 15.3 Å². The first-order valence-corrected chi connectivity index (χ1v) is 12.2. The number of benzene rings is 1. The first kappa shape index (κ1) is 21.1. The SMILES string of the molecule is CC(C)S(=O)(=O)N1CCN(c2nc(-c3ccccc3O)nc3c2CC[C@@H](C)C3)CC1. The van der Waals surface area contributed by atoms with Crippen LogP contribution < -0.4 is 4.90 Å². The van der Waals surface area contributed by atoms with Crippen molar-refractivity contribution in [1.29, 1.82) is 0 Å². The molecular formula is C22H30N4O3S. The summed E-state index contributed by atoms with van der Waals surface area (Å²) in [5, 5.41) is 9.92. The van der Waals surface area contributed by atoms with Crippen LogP contribution in [0.25, 0.3) is 11.4 Å². The molecule has 1 aliphatic heterocycles. The molecule has 0 unspecified atom stereocenters. The lowest BCUT2D eigenvalue weighted by molar-refractivity contribution is 0.379. The Morgan fingerprint density at radius 1 is 1.10 bits per heavy atom. The Morgan fingerprint density at radius 3 is 2.47 bits per heavy atom. The summed E-state index contributed by atoms with van der Waals surface area (Å²) in [5.41, 5.74) is 2.85. The van der Waals surface area contributed by atoms with Crippen LogP contribution in [0.4, 0.5) is 5.82 Å². The number of hydrogen-bond donors (Lipinski definition) is 1. The number of phenols is 1. The van der Waals surface area contributed by atoms with Crippen LogP contribution >= 0.6 is 0 Å². The normalized spacial score (nSPS) is 20.4. The van der Waals surface area contributed by atoms with Crippen molar-refractivity contribution in [3.8, 4) is 17.1 Å². The highest BCUT2D eigenvalue weighted by Gasteiger charge is 2.32. The molecule has 1 atom stereocenters. The second-order valence-electron chi connectivity index (χ2n) is 8.64. The number of para-hydroxylation sites is 1. The molecule has 2 aromatic rings. The van der Waals surface area contributed by atoms with Gasteiger partial charge in [0.05, 0.1) is 16.5 Å². The van der Waals surface area contributed by atoms with Crippen LogP contribution in [0.1, 0.15) is 38.4 Å². The van der Waals surface area contributed by atoms with Crippen LogP contribution in [0.15, 0.2) is 24.3 Å². The molecular weight excluding hydrogens is 400 g/mol. The number of piperazine rings is 1. The minimum Gasteiger partial charge on any atom is -0.507 e. The van der Waals surface area contributed by atoms with Crippen molar-refractivity contribution in [2.75, 3.05) is 31.1 Å². The molecule has 0 radical (unpaired) electrons. The van der Waals surface area contributed by atoms with E-state index in [1.165, 1.54) is 5.56 Å². The molecule has 8 heteroatoms. The molecule has 7 nitrogen and oxygen atoms in total. The van der Waals surface area contributed by atoms with Crippen molar-refractivity contribution in [2.24, 2.45) is 5.92 Å². The number of rotatable bonds is 4. The Morgan fingerprint density at radius 2 is 1.80 bits per heavy atom. The zero-order chi connectivity index (χ0) is 21.5. The molecule has 30 heavy (non-hydrogen) atoms. The van der Waals surface area contributed by atoms with Gasteiger partial charge in [0.25, 0.3) is 0 Å². The summed E-state index contributed by atoms with van der Waals surface area (Å²) in [6.07, 6.45) is 2.92. The fraction of sp³-hybridized carbons (Fsp3) is 0.545. The van der Waals surface area contributed by atoms with Gasteiger partial charge in [-0.25, -0.2) is 18.4 Å². The van der Waals surface area contributed by atoms with Crippen molar-refractivity contribution in [3.05, 3.63) is 35.5 Å². The molecule has 0 spiro atoms. The van der Waals surface area contributed by atoms with Crippen molar-refractivity contribution in [2.45, 2.75) is 45.3 Å². The van der Waals surface area contributed by atoms with E-state index in [9.17, 15) is 13.5 Å². The third-order valence-electron chi connectivity index (χ3n) is 6.14. The van der Waals surface area contributed by atoms with E-state index in [0.717, 1.165) is 30.8 Å². The summed E-state index contributed by atoms with van der Waals surface area (Å²) < 4.78 is 26.6. The molecule has 2 aliphatic rings. The summed E-state index contributed by atoms with van der Waals surface area (Å²) >= 11 is 0. The Hall–Kier alpha value is -2.19. The van der Waals surface area contributed by atoms with Gasteiger partial charge in [-0.1, -0.05) is 19.1 Å². The largest absolute Gasteiger partial charge is 0.507 e. The standard InChI is InChI=1S/C22H30N4O3S/c1-15(2)30(28,29)26-12-10-25(11-13-26)22-17-9-8-16(3)14-19(17)23-21(24-22)18-6-4-5-7-20(18)27/h4-7,15-16,27H,8-14H2,1-3H3/t16-/m1/s1. The minimum absolute atomic E-state index is 0.167. The summed E-state index contributed by atoms with van der Waals surface area (Å²) in [4.78, 5) is 11.9. The highest BCUT2D eigenvalue weighted by atomic mass is 32.2. The lowest BCUT2D eigenvalue weighted by Crippen LogP contribution is -2.51. The Bertz CT molecular complexity index is 1030. The predicted octanol–water partition coefficient (Wildman–Crippen LogP) is 2.83. The van der Waals surface area contributed by atoms with Gasteiger partial charge in [0.15, 0.2) is 5.82 Å². The number of nitrogens with zero attached hydrogens (tertiary/aromatic N) is 4. The maximum absolute atomic E-state index is 12.5. The highest BCUT2D eigenvalue weighted by molar-refractivity contribution is 7.89. The predicted molar refractivity (Wildman–Crippen MR) is 118 cm³/mol. The molecule has 2 heterocycles. The van der Waals surface area contributed by atoms with Gasteiger partial charge in [-0.05, 0) is 51.2 Å². The fourth-order valence-corrected chi connectivity index (χ4v) is 5.53. The maximum atomic E-state index is 12.5. The van der Waals surface area contributed by atoms with Gasteiger partial charge in [0.2, 0.25) is 10.0 Å². The molecule has 1 saturated heterocycles. The summed E-state index contributed by atoms with van der Waals surface area (Å²) in [6.45, 7) is 7.81.